The summed E-state index contributed by atoms with van der Waals surface area (Å²) in [5.41, 5.74) is 0. The molecule has 0 aromatic heterocycles. The van der Waals surface area contributed by atoms with E-state index >= 15 is 0 Å². The molecular weight excluding hydrogens is 164 g/mol. The first-order valence-corrected chi connectivity index (χ1v) is 5.31. The predicted molar refractivity (Wildman–Crippen MR) is 55.0 cm³/mol. The highest BCUT2D eigenvalue weighted by atomic mass is 16.5. The maximum absolute atomic E-state index is 5.32. The zero-order valence-corrected chi connectivity index (χ0v) is 8.88. The molecule has 1 aliphatic rings. The van der Waals surface area contributed by atoms with E-state index in [0.29, 0.717) is 0 Å². The summed E-state index contributed by atoms with van der Waals surface area (Å²) in [5, 5.41) is 3.18. The lowest BCUT2D eigenvalue weighted by Crippen LogP contribution is -2.42. The number of rotatable bonds is 5. The van der Waals surface area contributed by atoms with E-state index in [1.165, 1.54) is 12.8 Å². The van der Waals surface area contributed by atoms with Crippen molar-refractivity contribution in [2.45, 2.75) is 25.8 Å². The van der Waals surface area contributed by atoms with E-state index in [-0.39, 0.29) is 0 Å². The van der Waals surface area contributed by atoms with Crippen LogP contribution >= 0.6 is 0 Å². The number of hydrogen-bond acceptors (Lipinski definition) is 3. The Morgan fingerprint density at radius 1 is 1.38 bits per heavy atom. The molecule has 13 heavy (non-hydrogen) atoms. The minimum Gasteiger partial charge on any atom is -0.379 e. The molecule has 0 aliphatic carbocycles. The Hall–Kier alpha value is -0.120. The molecule has 1 N–H and O–H groups in total. The molecule has 0 aromatic carbocycles. The predicted octanol–water partition coefficient (Wildman–Crippen LogP) is 0.707. The molecule has 0 amide bonds. The van der Waals surface area contributed by atoms with Gasteiger partial charge in [-0.2, -0.15) is 0 Å². The topological polar surface area (TPSA) is 24.5 Å². The number of hydrogen-bond donors (Lipinski definition) is 1. The fraction of sp³-hybridized carbons (Fsp3) is 1.00. The Labute approximate surface area is 81.4 Å². The number of ether oxygens (including phenoxy) is 1. The summed E-state index contributed by atoms with van der Waals surface area (Å²) in [6.45, 7) is 7.50. The lowest BCUT2D eigenvalue weighted by atomic mass is 10.1. The van der Waals surface area contributed by atoms with Gasteiger partial charge in [-0.05, 0) is 33.4 Å². The first-order chi connectivity index (χ1) is 6.34. The molecule has 0 bridgehead atoms. The summed E-state index contributed by atoms with van der Waals surface area (Å²) in [5.74, 6) is 0. The van der Waals surface area contributed by atoms with Gasteiger partial charge in [-0.3, -0.25) is 4.90 Å². The summed E-state index contributed by atoms with van der Waals surface area (Å²) in [7, 11) is 2.01. The highest BCUT2D eigenvalue weighted by Gasteiger charge is 2.15. The van der Waals surface area contributed by atoms with Crippen LogP contribution in [0.4, 0.5) is 0 Å². The van der Waals surface area contributed by atoms with Crippen LogP contribution in [-0.4, -0.2) is 50.8 Å². The van der Waals surface area contributed by atoms with Gasteiger partial charge in [0, 0.05) is 19.1 Å². The van der Waals surface area contributed by atoms with Gasteiger partial charge >= 0.3 is 0 Å². The standard InChI is InChI=1S/C10H22N2O/c1-10(4-3-5-11-2)12-6-8-13-9-7-12/h10-11H,3-9H2,1-2H3. The molecular formula is C10H22N2O. The normalized spacial score (nSPS) is 21.7. The van der Waals surface area contributed by atoms with Gasteiger partial charge < -0.3 is 10.1 Å². The molecule has 0 aromatic rings. The van der Waals surface area contributed by atoms with Gasteiger partial charge in [0.2, 0.25) is 0 Å². The van der Waals surface area contributed by atoms with Crippen molar-refractivity contribution in [3.8, 4) is 0 Å². The van der Waals surface area contributed by atoms with Crippen LogP contribution in [0.2, 0.25) is 0 Å². The monoisotopic (exact) mass is 186 g/mol. The largest absolute Gasteiger partial charge is 0.379 e. The zero-order chi connectivity index (χ0) is 9.52. The van der Waals surface area contributed by atoms with E-state index in [0.717, 1.165) is 38.9 Å². The molecule has 0 spiro atoms. The van der Waals surface area contributed by atoms with E-state index < -0.39 is 0 Å². The second-order valence-electron chi connectivity index (χ2n) is 3.74. The van der Waals surface area contributed by atoms with Gasteiger partial charge in [-0.25, -0.2) is 0 Å². The number of nitrogens with one attached hydrogen (secondary N) is 1. The quantitative estimate of drug-likeness (QED) is 0.640. The van der Waals surface area contributed by atoms with Crippen molar-refractivity contribution in [2.24, 2.45) is 0 Å². The average molecular weight is 186 g/mol. The molecule has 3 nitrogen and oxygen atoms in total. The van der Waals surface area contributed by atoms with Gasteiger partial charge in [-0.1, -0.05) is 0 Å². The van der Waals surface area contributed by atoms with Crippen molar-refractivity contribution < 1.29 is 4.74 Å². The molecule has 0 saturated carbocycles. The SMILES string of the molecule is CNCCCC(C)N1CCOCC1. The van der Waals surface area contributed by atoms with Crippen LogP contribution in [0, 0.1) is 0 Å². The summed E-state index contributed by atoms with van der Waals surface area (Å²) in [6, 6.07) is 0.720. The second-order valence-corrected chi connectivity index (χ2v) is 3.74. The fourth-order valence-corrected chi connectivity index (χ4v) is 1.78. The lowest BCUT2D eigenvalue weighted by Gasteiger charge is -2.32. The van der Waals surface area contributed by atoms with Crippen LogP contribution in [0.3, 0.4) is 0 Å². The average Bonchev–Trinajstić information content (AvgIpc) is 2.19. The Bertz CT molecular complexity index is 124. The molecule has 78 valence electrons. The fourth-order valence-electron chi connectivity index (χ4n) is 1.78. The van der Waals surface area contributed by atoms with E-state index in [1.807, 2.05) is 7.05 Å². The highest BCUT2D eigenvalue weighted by Crippen LogP contribution is 2.08. The van der Waals surface area contributed by atoms with Crippen molar-refractivity contribution in [1.29, 1.82) is 0 Å². The van der Waals surface area contributed by atoms with Gasteiger partial charge in [0.05, 0.1) is 13.2 Å². The van der Waals surface area contributed by atoms with Crippen LogP contribution in [-0.2, 0) is 4.74 Å². The summed E-state index contributed by atoms with van der Waals surface area (Å²) in [4.78, 5) is 2.53. The maximum Gasteiger partial charge on any atom is 0.0594 e. The van der Waals surface area contributed by atoms with Gasteiger partial charge in [-0.15, -0.1) is 0 Å². The molecule has 1 aliphatic heterocycles. The molecule has 1 fully saturated rings. The third-order valence-electron chi connectivity index (χ3n) is 2.72. The smallest absolute Gasteiger partial charge is 0.0594 e. The van der Waals surface area contributed by atoms with Crippen LogP contribution in [0.1, 0.15) is 19.8 Å². The van der Waals surface area contributed by atoms with Gasteiger partial charge in [0.1, 0.15) is 0 Å². The van der Waals surface area contributed by atoms with E-state index in [2.05, 4.69) is 17.1 Å². The Balaban J connectivity index is 2.09. The van der Waals surface area contributed by atoms with Crippen LogP contribution < -0.4 is 5.32 Å². The highest BCUT2D eigenvalue weighted by molar-refractivity contribution is 4.69. The van der Waals surface area contributed by atoms with Crippen LogP contribution in [0.5, 0.6) is 0 Å². The Morgan fingerprint density at radius 2 is 2.08 bits per heavy atom. The Morgan fingerprint density at radius 3 is 2.69 bits per heavy atom. The molecule has 1 heterocycles. The minimum absolute atomic E-state index is 0.720. The van der Waals surface area contributed by atoms with E-state index in [4.69, 9.17) is 4.74 Å². The summed E-state index contributed by atoms with van der Waals surface area (Å²) < 4.78 is 5.32. The summed E-state index contributed by atoms with van der Waals surface area (Å²) >= 11 is 0. The number of morpholine rings is 1. The Kier molecular flexibility index (Phi) is 5.35. The molecule has 1 rings (SSSR count). The van der Waals surface area contributed by atoms with Crippen LogP contribution in [0.15, 0.2) is 0 Å². The maximum atomic E-state index is 5.32. The third kappa shape index (κ3) is 4.07. The number of nitrogens with zero attached hydrogens (tertiary/aromatic N) is 1. The minimum atomic E-state index is 0.720. The summed E-state index contributed by atoms with van der Waals surface area (Å²) in [6.07, 6.45) is 2.57. The lowest BCUT2D eigenvalue weighted by molar-refractivity contribution is 0.0183. The van der Waals surface area contributed by atoms with Crippen molar-refractivity contribution in [1.82, 2.24) is 10.2 Å². The zero-order valence-electron chi connectivity index (χ0n) is 8.88. The van der Waals surface area contributed by atoms with E-state index in [1.54, 1.807) is 0 Å². The third-order valence-corrected chi connectivity index (χ3v) is 2.72. The molecule has 1 saturated heterocycles. The molecule has 1 atom stereocenters. The van der Waals surface area contributed by atoms with E-state index in [9.17, 15) is 0 Å². The van der Waals surface area contributed by atoms with Crippen molar-refractivity contribution in [3.63, 3.8) is 0 Å². The molecule has 1 unspecified atom stereocenters. The molecule has 3 heteroatoms. The van der Waals surface area contributed by atoms with Crippen molar-refractivity contribution >= 4 is 0 Å². The van der Waals surface area contributed by atoms with Crippen LogP contribution in [0.25, 0.3) is 0 Å². The second kappa shape index (κ2) is 6.35. The van der Waals surface area contributed by atoms with Gasteiger partial charge in [0.15, 0.2) is 0 Å². The molecule has 0 radical (unpaired) electrons. The first kappa shape index (κ1) is 11.0. The van der Waals surface area contributed by atoms with Gasteiger partial charge in [0.25, 0.3) is 0 Å². The van der Waals surface area contributed by atoms with Crippen molar-refractivity contribution in [2.75, 3.05) is 39.9 Å². The van der Waals surface area contributed by atoms with Crippen molar-refractivity contribution in [3.05, 3.63) is 0 Å². The first-order valence-electron chi connectivity index (χ1n) is 5.31.